The number of aromatic nitrogens is 3. The Labute approximate surface area is 151 Å². The lowest BCUT2D eigenvalue weighted by Crippen LogP contribution is -2.15. The van der Waals surface area contributed by atoms with Gasteiger partial charge in [-0.1, -0.05) is 38.1 Å². The van der Waals surface area contributed by atoms with Gasteiger partial charge in [0.25, 0.3) is 5.91 Å². The Balaban J connectivity index is 1.64. The number of hydrogen-bond acceptors (Lipinski definition) is 6. The third-order valence-electron chi connectivity index (χ3n) is 3.78. The van der Waals surface area contributed by atoms with Crippen LogP contribution in [0, 0.1) is 6.92 Å². The Morgan fingerprint density at radius 3 is 2.31 bits per heavy atom. The lowest BCUT2D eigenvalue weighted by atomic mass is 9.87. The Morgan fingerprint density at radius 1 is 1.04 bits per heavy atom. The zero-order valence-corrected chi connectivity index (χ0v) is 15.2. The lowest BCUT2D eigenvalue weighted by Gasteiger charge is -2.19. The highest BCUT2D eigenvalue weighted by Gasteiger charge is 2.14. The second-order valence-corrected chi connectivity index (χ2v) is 7.02. The number of hydrogen-bond donors (Lipinski definition) is 2. The van der Waals surface area contributed by atoms with E-state index in [1.165, 1.54) is 18.0 Å². The monoisotopic (exact) mass is 351 g/mol. The van der Waals surface area contributed by atoms with Gasteiger partial charge in [0.2, 0.25) is 0 Å². The Morgan fingerprint density at radius 2 is 1.77 bits per heavy atom. The van der Waals surface area contributed by atoms with E-state index in [2.05, 4.69) is 46.5 Å². The molecule has 2 N–H and O–H groups in total. The van der Waals surface area contributed by atoms with Crippen LogP contribution >= 0.6 is 0 Å². The second kappa shape index (κ2) is 6.95. The molecule has 0 aliphatic carbocycles. The predicted molar refractivity (Wildman–Crippen MR) is 99.6 cm³/mol. The van der Waals surface area contributed by atoms with Gasteiger partial charge in [0.05, 0.1) is 12.4 Å². The maximum atomic E-state index is 12.3. The van der Waals surface area contributed by atoms with Crippen molar-refractivity contribution in [2.75, 3.05) is 10.6 Å². The van der Waals surface area contributed by atoms with Crippen molar-refractivity contribution in [1.29, 1.82) is 0 Å². The van der Waals surface area contributed by atoms with Gasteiger partial charge in [0, 0.05) is 11.8 Å². The number of carbonyl (C=O) groups excluding carboxylic acids is 1. The van der Waals surface area contributed by atoms with Crippen molar-refractivity contribution < 1.29 is 9.32 Å². The largest absolute Gasteiger partial charge is 0.360 e. The third-order valence-corrected chi connectivity index (χ3v) is 3.78. The first-order chi connectivity index (χ1) is 12.3. The number of benzene rings is 1. The SMILES string of the molecule is Cc1cc(Nc2cnc(C(=O)Nc3ccc(C(C)(C)C)cc3)cn2)no1. The zero-order chi connectivity index (χ0) is 18.7. The van der Waals surface area contributed by atoms with E-state index in [0.29, 0.717) is 23.1 Å². The van der Waals surface area contributed by atoms with Crippen LogP contribution in [-0.4, -0.2) is 21.0 Å². The summed E-state index contributed by atoms with van der Waals surface area (Å²) in [4.78, 5) is 20.6. The van der Waals surface area contributed by atoms with Crippen LogP contribution in [0.15, 0.2) is 47.2 Å². The summed E-state index contributed by atoms with van der Waals surface area (Å²) in [6.07, 6.45) is 2.88. The van der Waals surface area contributed by atoms with Gasteiger partial charge in [-0.3, -0.25) is 4.79 Å². The molecule has 0 bridgehead atoms. The molecule has 0 saturated heterocycles. The van der Waals surface area contributed by atoms with Crippen LogP contribution < -0.4 is 10.6 Å². The van der Waals surface area contributed by atoms with Crippen molar-refractivity contribution in [3.63, 3.8) is 0 Å². The van der Waals surface area contributed by atoms with E-state index in [1.54, 1.807) is 13.0 Å². The van der Waals surface area contributed by atoms with E-state index in [1.807, 2.05) is 24.3 Å². The van der Waals surface area contributed by atoms with Crippen LogP contribution in [0.4, 0.5) is 17.3 Å². The van der Waals surface area contributed by atoms with Crippen molar-refractivity contribution >= 4 is 23.2 Å². The molecule has 0 unspecified atom stereocenters. The summed E-state index contributed by atoms with van der Waals surface area (Å²) in [7, 11) is 0. The van der Waals surface area contributed by atoms with Crippen molar-refractivity contribution in [3.8, 4) is 0 Å². The van der Waals surface area contributed by atoms with Gasteiger partial charge in [-0.2, -0.15) is 0 Å². The fourth-order valence-electron chi connectivity index (χ4n) is 2.32. The highest BCUT2D eigenvalue weighted by molar-refractivity contribution is 6.02. The minimum absolute atomic E-state index is 0.0687. The molecule has 0 spiro atoms. The normalized spacial score (nSPS) is 11.2. The smallest absolute Gasteiger partial charge is 0.275 e. The molecule has 2 aromatic heterocycles. The van der Waals surface area contributed by atoms with Crippen LogP contribution in [-0.2, 0) is 5.41 Å². The first-order valence-corrected chi connectivity index (χ1v) is 8.25. The fourth-order valence-corrected chi connectivity index (χ4v) is 2.32. The summed E-state index contributed by atoms with van der Waals surface area (Å²) < 4.78 is 4.97. The third kappa shape index (κ3) is 4.24. The van der Waals surface area contributed by atoms with Crippen molar-refractivity contribution in [3.05, 3.63) is 59.7 Å². The lowest BCUT2D eigenvalue weighted by molar-refractivity contribution is 0.102. The second-order valence-electron chi connectivity index (χ2n) is 7.02. The van der Waals surface area contributed by atoms with E-state index in [4.69, 9.17) is 4.52 Å². The Bertz CT molecular complexity index is 893. The average molecular weight is 351 g/mol. The molecule has 1 amide bonds. The van der Waals surface area contributed by atoms with Crippen LogP contribution in [0.1, 0.15) is 42.6 Å². The van der Waals surface area contributed by atoms with Gasteiger partial charge in [-0.05, 0) is 30.0 Å². The topological polar surface area (TPSA) is 92.9 Å². The van der Waals surface area contributed by atoms with E-state index < -0.39 is 0 Å². The molecule has 0 radical (unpaired) electrons. The molecule has 0 saturated carbocycles. The van der Waals surface area contributed by atoms with Crippen LogP contribution in [0.3, 0.4) is 0 Å². The van der Waals surface area contributed by atoms with Gasteiger partial charge in [0.1, 0.15) is 17.3 Å². The molecule has 0 aliphatic rings. The summed E-state index contributed by atoms with van der Waals surface area (Å²) in [6.45, 7) is 8.23. The van der Waals surface area contributed by atoms with Crippen molar-refractivity contribution in [2.24, 2.45) is 0 Å². The summed E-state index contributed by atoms with van der Waals surface area (Å²) in [5, 5.41) is 9.59. The van der Waals surface area contributed by atoms with Gasteiger partial charge in [-0.15, -0.1) is 0 Å². The molecule has 26 heavy (non-hydrogen) atoms. The van der Waals surface area contributed by atoms with E-state index in [0.717, 1.165) is 0 Å². The molecule has 3 rings (SSSR count). The molecule has 7 heteroatoms. The van der Waals surface area contributed by atoms with E-state index in [-0.39, 0.29) is 17.0 Å². The number of rotatable bonds is 4. The number of nitrogens with zero attached hydrogens (tertiary/aromatic N) is 3. The Kier molecular flexibility index (Phi) is 4.71. The molecular formula is C19H21N5O2. The zero-order valence-electron chi connectivity index (χ0n) is 15.2. The van der Waals surface area contributed by atoms with Crippen molar-refractivity contribution in [2.45, 2.75) is 33.1 Å². The van der Waals surface area contributed by atoms with Gasteiger partial charge in [0.15, 0.2) is 5.82 Å². The molecule has 134 valence electrons. The van der Waals surface area contributed by atoms with E-state index >= 15 is 0 Å². The molecule has 0 aliphatic heterocycles. The van der Waals surface area contributed by atoms with E-state index in [9.17, 15) is 4.79 Å². The summed E-state index contributed by atoms with van der Waals surface area (Å²) in [6, 6.07) is 9.52. The highest BCUT2D eigenvalue weighted by atomic mass is 16.5. The van der Waals surface area contributed by atoms with Gasteiger partial charge >= 0.3 is 0 Å². The number of carbonyl (C=O) groups is 1. The number of amides is 1. The highest BCUT2D eigenvalue weighted by Crippen LogP contribution is 2.23. The Hall–Kier alpha value is -3.22. The minimum atomic E-state index is -0.315. The number of aryl methyl sites for hydroxylation is 1. The van der Waals surface area contributed by atoms with Crippen LogP contribution in [0.2, 0.25) is 0 Å². The standard InChI is InChI=1S/C19H21N5O2/c1-12-9-16(24-26-12)23-17-11-20-15(10-21-17)18(25)22-14-7-5-13(6-8-14)19(2,3)4/h5-11H,1-4H3,(H,22,25)(H,21,23,24). The minimum Gasteiger partial charge on any atom is -0.360 e. The first-order valence-electron chi connectivity index (χ1n) is 8.25. The molecule has 0 fully saturated rings. The molecule has 1 aromatic carbocycles. The molecule has 3 aromatic rings. The molecule has 0 atom stereocenters. The average Bonchev–Trinajstić information content (AvgIpc) is 3.00. The maximum absolute atomic E-state index is 12.3. The van der Waals surface area contributed by atoms with Crippen LogP contribution in [0.5, 0.6) is 0 Å². The van der Waals surface area contributed by atoms with Crippen molar-refractivity contribution in [1.82, 2.24) is 15.1 Å². The van der Waals surface area contributed by atoms with Gasteiger partial charge < -0.3 is 15.2 Å². The molecule has 2 heterocycles. The van der Waals surface area contributed by atoms with Crippen LogP contribution in [0.25, 0.3) is 0 Å². The number of anilines is 3. The predicted octanol–water partition coefficient (Wildman–Crippen LogP) is 4.07. The summed E-state index contributed by atoms with van der Waals surface area (Å²) in [5.41, 5.74) is 2.21. The summed E-state index contributed by atoms with van der Waals surface area (Å²) in [5.74, 6) is 1.39. The maximum Gasteiger partial charge on any atom is 0.275 e. The summed E-state index contributed by atoms with van der Waals surface area (Å²) >= 11 is 0. The molecular weight excluding hydrogens is 330 g/mol. The number of nitrogens with one attached hydrogen (secondary N) is 2. The quantitative estimate of drug-likeness (QED) is 0.736. The van der Waals surface area contributed by atoms with Gasteiger partial charge in [-0.25, -0.2) is 9.97 Å². The fraction of sp³-hybridized carbons (Fsp3) is 0.263. The first kappa shape index (κ1) is 17.6. The molecule has 7 nitrogen and oxygen atoms in total.